The smallest absolute Gasteiger partial charge is 0.269 e. The maximum Gasteiger partial charge on any atom is 0.269 e. The van der Waals surface area contributed by atoms with Gasteiger partial charge in [-0.05, 0) is 63.0 Å². The van der Waals surface area contributed by atoms with Crippen LogP contribution in [-0.2, 0) is 16.6 Å². The molecule has 8 nitrogen and oxygen atoms in total. The van der Waals surface area contributed by atoms with Crippen LogP contribution in [0.3, 0.4) is 0 Å². The summed E-state index contributed by atoms with van der Waals surface area (Å²) in [5, 5.41) is 5.23. The van der Waals surface area contributed by atoms with E-state index in [1.165, 1.54) is 20.4 Å². The van der Waals surface area contributed by atoms with E-state index in [1.807, 2.05) is 14.1 Å². The lowest BCUT2D eigenvalue weighted by molar-refractivity contribution is 0.204. The third-order valence-corrected chi connectivity index (χ3v) is 12.0. The van der Waals surface area contributed by atoms with E-state index >= 15 is 4.39 Å². The van der Waals surface area contributed by atoms with Crippen LogP contribution < -0.4 is 19.1 Å². The number of hydrogen-bond acceptors (Lipinski definition) is 8. The zero-order valence-electron chi connectivity index (χ0n) is 22.8. The maximum atomic E-state index is 15.7. The van der Waals surface area contributed by atoms with Crippen LogP contribution in [0.4, 0.5) is 15.2 Å². The first-order chi connectivity index (χ1) is 19.4. The van der Waals surface area contributed by atoms with Crippen molar-refractivity contribution in [2.45, 2.75) is 40.7 Å². The Bertz CT molecular complexity index is 1520. The van der Waals surface area contributed by atoms with E-state index in [2.05, 4.69) is 15.2 Å². The monoisotopic (exact) mass is 662 g/mol. The number of rotatable bonds is 10. The molecule has 1 aromatic heterocycles. The van der Waals surface area contributed by atoms with Gasteiger partial charge in [-0.15, -0.1) is 34.5 Å². The van der Waals surface area contributed by atoms with Gasteiger partial charge in [0.1, 0.15) is 26.5 Å². The number of likely N-dealkylation sites (N-methyl/N-ethyl adjacent to an activating group) is 1. The van der Waals surface area contributed by atoms with E-state index < -0.39 is 25.1 Å². The van der Waals surface area contributed by atoms with Crippen molar-refractivity contribution in [1.82, 2.24) is 9.88 Å². The Kier molecular flexibility index (Phi) is 8.59. The Balaban J connectivity index is 1.46. The molecule has 3 aromatic rings. The summed E-state index contributed by atoms with van der Waals surface area (Å²) in [6, 6.07) is 7.27. The van der Waals surface area contributed by atoms with Gasteiger partial charge in [0.05, 0.1) is 31.5 Å². The Morgan fingerprint density at radius 3 is 2.51 bits per heavy atom. The maximum absolute atomic E-state index is 15.7. The van der Waals surface area contributed by atoms with Gasteiger partial charge >= 0.3 is 0 Å². The molecular weight excluding hydrogens is 634 g/mol. The standard InChI is InChI=1S/C27H30Cl3FN4O4S2/c1-34(2)23-11-18-17(27(18,29)30)10-22(23)33-21-13-20(31)25(12-19(21)28)41(36,37)35(26-32-7-8-40-26)14-15-5-6-16(38-3)9-24(15)39-4/h5-9,12-13,17-18,22-23,33H,10-11,14H2,1-4H3/t17?,18?,22-,23?/m0/s1. The van der Waals surface area contributed by atoms with Crippen LogP contribution in [0.2, 0.25) is 5.02 Å². The highest BCUT2D eigenvalue weighted by molar-refractivity contribution is 7.93. The molecule has 41 heavy (non-hydrogen) atoms. The van der Waals surface area contributed by atoms with Gasteiger partial charge in [-0.3, -0.25) is 0 Å². The van der Waals surface area contributed by atoms with Crippen LogP contribution in [-0.4, -0.2) is 63.0 Å². The fourth-order valence-corrected chi connectivity index (χ4v) is 9.04. The van der Waals surface area contributed by atoms with Crippen molar-refractivity contribution < 1.29 is 22.3 Å². The van der Waals surface area contributed by atoms with Gasteiger partial charge in [0.25, 0.3) is 10.0 Å². The number of anilines is 2. The molecule has 0 spiro atoms. The molecule has 2 aromatic carbocycles. The number of aromatic nitrogens is 1. The Hall–Kier alpha value is -2.02. The van der Waals surface area contributed by atoms with Gasteiger partial charge in [0.15, 0.2) is 5.13 Å². The number of ether oxygens (including phenoxy) is 2. The summed E-state index contributed by atoms with van der Waals surface area (Å²) in [6.45, 7) is -0.159. The van der Waals surface area contributed by atoms with Crippen LogP contribution in [0.1, 0.15) is 18.4 Å². The van der Waals surface area contributed by atoms with E-state index in [9.17, 15) is 8.42 Å². The summed E-state index contributed by atoms with van der Waals surface area (Å²) in [5.41, 5.74) is 0.836. The summed E-state index contributed by atoms with van der Waals surface area (Å²) >= 11 is 20.7. The van der Waals surface area contributed by atoms with Crippen LogP contribution >= 0.6 is 46.1 Å². The highest BCUT2D eigenvalue weighted by atomic mass is 35.5. The average molecular weight is 664 g/mol. The van der Waals surface area contributed by atoms with E-state index in [-0.39, 0.29) is 40.6 Å². The number of fused-ring (bicyclic) bond motifs is 1. The molecule has 0 bridgehead atoms. The molecule has 0 radical (unpaired) electrons. The van der Waals surface area contributed by atoms with Crippen molar-refractivity contribution in [1.29, 1.82) is 0 Å². The fraction of sp³-hybridized carbons (Fsp3) is 0.444. The largest absolute Gasteiger partial charge is 0.497 e. The van der Waals surface area contributed by atoms with Crippen LogP contribution in [0.15, 0.2) is 46.8 Å². The zero-order valence-corrected chi connectivity index (χ0v) is 26.7. The van der Waals surface area contributed by atoms with E-state index in [0.717, 1.165) is 34.2 Å². The van der Waals surface area contributed by atoms with Gasteiger partial charge in [0.2, 0.25) is 0 Å². The Morgan fingerprint density at radius 1 is 1.15 bits per heavy atom. The number of alkyl halides is 2. The lowest BCUT2D eigenvalue weighted by Crippen LogP contribution is -2.46. The minimum absolute atomic E-state index is 0.0736. The topological polar surface area (TPSA) is 84.0 Å². The Labute approximate surface area is 258 Å². The van der Waals surface area contributed by atoms with E-state index in [0.29, 0.717) is 29.2 Å². The third kappa shape index (κ3) is 5.81. The quantitative estimate of drug-likeness (QED) is 0.256. The predicted molar refractivity (Wildman–Crippen MR) is 162 cm³/mol. The number of sulfonamides is 1. The van der Waals surface area contributed by atoms with Gasteiger partial charge in [-0.25, -0.2) is 22.1 Å². The molecule has 2 aliphatic rings. The van der Waals surface area contributed by atoms with Gasteiger partial charge < -0.3 is 19.7 Å². The Morgan fingerprint density at radius 2 is 1.88 bits per heavy atom. The number of nitrogens with one attached hydrogen (secondary N) is 1. The molecule has 0 amide bonds. The molecule has 2 aliphatic carbocycles. The molecule has 0 saturated heterocycles. The summed E-state index contributed by atoms with van der Waals surface area (Å²) in [5.74, 6) is 0.356. The highest BCUT2D eigenvalue weighted by Crippen LogP contribution is 2.65. The second kappa shape index (κ2) is 11.6. The average Bonchev–Trinajstić information content (AvgIpc) is 3.24. The lowest BCUT2D eigenvalue weighted by Gasteiger charge is -2.36. The van der Waals surface area contributed by atoms with Crippen molar-refractivity contribution in [2.75, 3.05) is 37.9 Å². The zero-order chi connectivity index (χ0) is 29.7. The van der Waals surface area contributed by atoms with Gasteiger partial charge in [-0.2, -0.15) is 0 Å². The number of thiazole rings is 1. The molecule has 1 heterocycles. The molecule has 5 rings (SSSR count). The van der Waals surface area contributed by atoms with Crippen molar-refractivity contribution in [3.05, 3.63) is 58.3 Å². The van der Waals surface area contributed by atoms with Gasteiger partial charge in [-0.1, -0.05) is 11.6 Å². The minimum Gasteiger partial charge on any atom is -0.497 e. The normalized spacial score (nSPS) is 23.1. The van der Waals surface area contributed by atoms with E-state index in [1.54, 1.807) is 23.6 Å². The molecule has 2 fully saturated rings. The first-order valence-electron chi connectivity index (χ1n) is 12.8. The number of methoxy groups -OCH3 is 2. The van der Waals surface area contributed by atoms with Gasteiger partial charge in [0, 0.05) is 35.3 Å². The molecular formula is C27H30Cl3FN4O4S2. The summed E-state index contributed by atoms with van der Waals surface area (Å²) < 4.78 is 54.6. The van der Waals surface area contributed by atoms with Crippen LogP contribution in [0.5, 0.6) is 11.5 Å². The van der Waals surface area contributed by atoms with Crippen molar-refractivity contribution in [3.63, 3.8) is 0 Å². The van der Waals surface area contributed by atoms with Crippen molar-refractivity contribution >= 4 is 67.0 Å². The molecule has 0 aliphatic heterocycles. The molecule has 3 unspecified atom stereocenters. The molecule has 2 saturated carbocycles. The second-order valence-corrected chi connectivity index (χ2v) is 15.0. The number of nitrogens with zero attached hydrogens (tertiary/aromatic N) is 3. The van der Waals surface area contributed by atoms with E-state index in [4.69, 9.17) is 44.3 Å². The minimum atomic E-state index is -4.44. The fourth-order valence-electron chi connectivity index (χ4n) is 5.57. The number of hydrogen-bond donors (Lipinski definition) is 1. The SMILES string of the molecule is COc1ccc(CN(c2nccs2)S(=O)(=O)c2cc(Cl)c(N[C@H]3CC4C(CC3N(C)C)C4(Cl)Cl)cc2F)c(OC)c1. The lowest BCUT2D eigenvalue weighted by atomic mass is 9.89. The summed E-state index contributed by atoms with van der Waals surface area (Å²) in [7, 11) is 2.49. The molecule has 4 atom stereocenters. The highest BCUT2D eigenvalue weighted by Gasteiger charge is 2.66. The first-order valence-corrected chi connectivity index (χ1v) is 16.3. The number of benzene rings is 2. The summed E-state index contributed by atoms with van der Waals surface area (Å²) in [6.07, 6.45) is 2.95. The van der Waals surface area contributed by atoms with Crippen molar-refractivity contribution in [3.8, 4) is 11.5 Å². The van der Waals surface area contributed by atoms with Crippen LogP contribution in [0, 0.1) is 17.7 Å². The third-order valence-electron chi connectivity index (χ3n) is 7.87. The number of halogens is 4. The molecule has 1 N–H and O–H groups in total. The van der Waals surface area contributed by atoms with Crippen LogP contribution in [0.25, 0.3) is 0 Å². The van der Waals surface area contributed by atoms with Crippen molar-refractivity contribution in [2.24, 2.45) is 11.8 Å². The summed E-state index contributed by atoms with van der Waals surface area (Å²) in [4.78, 5) is 5.71. The molecule has 222 valence electrons. The second-order valence-electron chi connectivity index (χ2n) is 10.4. The predicted octanol–water partition coefficient (Wildman–Crippen LogP) is 6.27. The molecule has 14 heteroatoms. The first kappa shape index (κ1) is 30.4.